The number of halogens is 1. The molecule has 0 saturated heterocycles. The SMILES string of the molecule is C/C(=N/NC(=O)COc1ccc(Br)cc1)c1ccc([N+](=O)[O-])cc1. The van der Waals surface area contributed by atoms with Crippen molar-refractivity contribution in [2.24, 2.45) is 5.10 Å². The Kier molecular flexibility index (Phi) is 6.02. The predicted octanol–water partition coefficient (Wildman–Crippen LogP) is 3.28. The fourth-order valence-corrected chi connectivity index (χ4v) is 2.01. The largest absolute Gasteiger partial charge is 0.484 e. The van der Waals surface area contributed by atoms with Gasteiger partial charge in [0.1, 0.15) is 5.75 Å². The summed E-state index contributed by atoms with van der Waals surface area (Å²) in [6, 6.07) is 13.0. The fraction of sp³-hybridized carbons (Fsp3) is 0.125. The first-order valence-electron chi connectivity index (χ1n) is 6.92. The van der Waals surface area contributed by atoms with Gasteiger partial charge in [-0.1, -0.05) is 15.9 Å². The molecular weight excluding hydrogens is 378 g/mol. The highest BCUT2D eigenvalue weighted by Crippen LogP contribution is 2.16. The highest BCUT2D eigenvalue weighted by molar-refractivity contribution is 9.10. The van der Waals surface area contributed by atoms with E-state index in [1.165, 1.54) is 12.1 Å². The number of benzene rings is 2. The average Bonchev–Trinajstić information content (AvgIpc) is 2.59. The second-order valence-corrected chi connectivity index (χ2v) is 5.69. The van der Waals surface area contributed by atoms with Gasteiger partial charge in [0.2, 0.25) is 0 Å². The van der Waals surface area contributed by atoms with E-state index in [4.69, 9.17) is 4.74 Å². The first kappa shape index (κ1) is 17.6. The number of amides is 1. The van der Waals surface area contributed by atoms with Crippen LogP contribution in [0, 0.1) is 10.1 Å². The van der Waals surface area contributed by atoms with Crippen LogP contribution in [0.15, 0.2) is 58.1 Å². The number of carbonyl (C=O) groups excluding carboxylic acids is 1. The minimum Gasteiger partial charge on any atom is -0.484 e. The van der Waals surface area contributed by atoms with Crippen molar-refractivity contribution in [1.29, 1.82) is 0 Å². The normalized spacial score (nSPS) is 11.0. The Hall–Kier alpha value is -2.74. The first-order valence-corrected chi connectivity index (χ1v) is 7.71. The van der Waals surface area contributed by atoms with E-state index in [0.717, 1.165) is 4.47 Å². The van der Waals surface area contributed by atoms with Gasteiger partial charge in [-0.3, -0.25) is 14.9 Å². The van der Waals surface area contributed by atoms with Gasteiger partial charge in [-0.05, 0) is 48.9 Å². The van der Waals surface area contributed by atoms with Crippen molar-refractivity contribution in [3.63, 3.8) is 0 Å². The maximum atomic E-state index is 11.7. The molecule has 2 aromatic rings. The van der Waals surface area contributed by atoms with Gasteiger partial charge in [-0.15, -0.1) is 0 Å². The molecule has 0 aliphatic rings. The Morgan fingerprint density at radius 2 is 1.83 bits per heavy atom. The average molecular weight is 392 g/mol. The number of hydrogen-bond donors (Lipinski definition) is 1. The number of ether oxygens (including phenoxy) is 1. The van der Waals surface area contributed by atoms with Crippen LogP contribution < -0.4 is 10.2 Å². The van der Waals surface area contributed by atoms with E-state index in [-0.39, 0.29) is 12.3 Å². The monoisotopic (exact) mass is 391 g/mol. The molecule has 0 fully saturated rings. The molecule has 0 aliphatic heterocycles. The molecule has 0 radical (unpaired) electrons. The van der Waals surface area contributed by atoms with Crippen LogP contribution in [0.2, 0.25) is 0 Å². The van der Waals surface area contributed by atoms with Gasteiger partial charge in [0.25, 0.3) is 11.6 Å². The van der Waals surface area contributed by atoms with E-state index in [9.17, 15) is 14.9 Å². The second kappa shape index (κ2) is 8.21. The number of hydrogen-bond acceptors (Lipinski definition) is 5. The van der Waals surface area contributed by atoms with Gasteiger partial charge < -0.3 is 4.74 Å². The van der Waals surface area contributed by atoms with Gasteiger partial charge in [-0.25, -0.2) is 5.43 Å². The van der Waals surface area contributed by atoms with Crippen LogP contribution in [0.1, 0.15) is 12.5 Å². The minimum atomic E-state index is -0.475. The second-order valence-electron chi connectivity index (χ2n) is 4.78. The quantitative estimate of drug-likeness (QED) is 0.464. The van der Waals surface area contributed by atoms with Crippen molar-refractivity contribution in [3.05, 3.63) is 68.7 Å². The molecular formula is C16H14BrN3O4. The van der Waals surface area contributed by atoms with E-state index in [0.29, 0.717) is 17.0 Å². The van der Waals surface area contributed by atoms with Crippen LogP contribution in [0.3, 0.4) is 0 Å². The topological polar surface area (TPSA) is 93.8 Å². The van der Waals surface area contributed by atoms with Crippen LogP contribution in [-0.2, 0) is 4.79 Å². The summed E-state index contributed by atoms with van der Waals surface area (Å²) in [5.74, 6) is 0.170. The predicted molar refractivity (Wildman–Crippen MR) is 93.1 cm³/mol. The number of hydrazone groups is 1. The number of nitrogens with zero attached hydrogens (tertiary/aromatic N) is 2. The van der Waals surface area contributed by atoms with Crippen LogP contribution >= 0.6 is 15.9 Å². The zero-order chi connectivity index (χ0) is 17.5. The summed E-state index contributed by atoms with van der Waals surface area (Å²) in [5.41, 5.74) is 3.58. The van der Waals surface area contributed by atoms with Gasteiger partial charge in [0.15, 0.2) is 6.61 Å². The van der Waals surface area contributed by atoms with Crippen molar-refractivity contribution in [2.45, 2.75) is 6.92 Å². The molecule has 0 atom stereocenters. The zero-order valence-electron chi connectivity index (χ0n) is 12.7. The Bertz CT molecular complexity index is 758. The third kappa shape index (κ3) is 5.17. The van der Waals surface area contributed by atoms with Crippen LogP contribution in [-0.4, -0.2) is 23.1 Å². The lowest BCUT2D eigenvalue weighted by molar-refractivity contribution is -0.384. The molecule has 0 saturated carbocycles. The Morgan fingerprint density at radius 1 is 1.21 bits per heavy atom. The smallest absolute Gasteiger partial charge is 0.277 e. The summed E-state index contributed by atoms with van der Waals surface area (Å²) in [6.45, 7) is 1.52. The van der Waals surface area contributed by atoms with Crippen molar-refractivity contribution in [3.8, 4) is 5.75 Å². The van der Waals surface area contributed by atoms with Gasteiger partial charge in [-0.2, -0.15) is 5.10 Å². The zero-order valence-corrected chi connectivity index (χ0v) is 14.3. The lowest BCUT2D eigenvalue weighted by Crippen LogP contribution is -2.25. The van der Waals surface area contributed by atoms with Crippen LogP contribution in [0.4, 0.5) is 5.69 Å². The fourth-order valence-electron chi connectivity index (χ4n) is 1.75. The number of nitrogens with one attached hydrogen (secondary N) is 1. The molecule has 0 unspecified atom stereocenters. The first-order chi connectivity index (χ1) is 11.5. The molecule has 0 heterocycles. The number of nitro groups is 1. The number of rotatable bonds is 6. The van der Waals surface area contributed by atoms with Crippen LogP contribution in [0.25, 0.3) is 0 Å². The Morgan fingerprint density at radius 3 is 2.42 bits per heavy atom. The lowest BCUT2D eigenvalue weighted by atomic mass is 10.1. The lowest BCUT2D eigenvalue weighted by Gasteiger charge is -2.06. The molecule has 2 rings (SSSR count). The number of nitro benzene ring substituents is 1. The molecule has 7 nitrogen and oxygen atoms in total. The van der Waals surface area contributed by atoms with Crippen molar-refractivity contribution in [2.75, 3.05) is 6.61 Å². The summed E-state index contributed by atoms with van der Waals surface area (Å²) in [4.78, 5) is 21.9. The Labute approximate surface area is 146 Å². The van der Waals surface area contributed by atoms with Crippen LogP contribution in [0.5, 0.6) is 5.75 Å². The van der Waals surface area contributed by atoms with Gasteiger partial charge >= 0.3 is 0 Å². The standard InChI is InChI=1S/C16H14BrN3O4/c1-11(12-2-6-14(7-3-12)20(22)23)18-19-16(21)10-24-15-8-4-13(17)5-9-15/h2-9H,10H2,1H3,(H,19,21)/b18-11-. The Balaban J connectivity index is 1.87. The van der Waals surface area contributed by atoms with Crippen molar-refractivity contribution >= 4 is 33.2 Å². The molecule has 0 aromatic heterocycles. The summed E-state index contributed by atoms with van der Waals surface area (Å²) in [6.07, 6.45) is 0. The van der Waals surface area contributed by atoms with E-state index in [1.807, 2.05) is 12.1 Å². The highest BCUT2D eigenvalue weighted by atomic mass is 79.9. The maximum Gasteiger partial charge on any atom is 0.277 e. The van der Waals surface area contributed by atoms with E-state index in [2.05, 4.69) is 26.5 Å². The summed E-state index contributed by atoms with van der Waals surface area (Å²) < 4.78 is 6.24. The summed E-state index contributed by atoms with van der Waals surface area (Å²) in [5, 5.41) is 14.6. The maximum absolute atomic E-state index is 11.7. The van der Waals surface area contributed by atoms with E-state index in [1.54, 1.807) is 31.2 Å². The van der Waals surface area contributed by atoms with E-state index < -0.39 is 10.8 Å². The van der Waals surface area contributed by atoms with Gasteiger partial charge in [0, 0.05) is 16.6 Å². The molecule has 1 N–H and O–H groups in total. The molecule has 24 heavy (non-hydrogen) atoms. The minimum absolute atomic E-state index is 0.00140. The van der Waals surface area contributed by atoms with E-state index >= 15 is 0 Å². The number of carbonyl (C=O) groups is 1. The summed E-state index contributed by atoms with van der Waals surface area (Å²) >= 11 is 3.31. The molecule has 8 heteroatoms. The number of non-ortho nitro benzene ring substituents is 1. The molecule has 0 bridgehead atoms. The van der Waals surface area contributed by atoms with Gasteiger partial charge in [0.05, 0.1) is 10.6 Å². The molecule has 1 amide bonds. The molecule has 2 aromatic carbocycles. The third-order valence-electron chi connectivity index (χ3n) is 3.03. The molecule has 124 valence electrons. The van der Waals surface area contributed by atoms with Crippen molar-refractivity contribution < 1.29 is 14.5 Å². The highest BCUT2D eigenvalue weighted by Gasteiger charge is 2.06. The molecule has 0 aliphatic carbocycles. The third-order valence-corrected chi connectivity index (χ3v) is 3.56. The summed E-state index contributed by atoms with van der Waals surface area (Å²) in [7, 11) is 0. The molecule has 0 spiro atoms. The van der Waals surface area contributed by atoms with Crippen molar-refractivity contribution in [1.82, 2.24) is 5.43 Å².